The summed E-state index contributed by atoms with van der Waals surface area (Å²) < 4.78 is 16.0. The second-order valence-corrected chi connectivity index (χ2v) is 6.12. The van der Waals surface area contributed by atoms with Gasteiger partial charge >= 0.3 is 0 Å². The standard InChI is InChI=1S/C16H23N3O5/c1-11-15(17-10-24-11)16(21)18-5-3-12-13(4-6-18)23-9-14(20)19(12)7-8-22-2/h10,12-13H,3-9H2,1-2H3/t12-,13-/m0/s1. The number of oxazole rings is 1. The molecule has 2 saturated heterocycles. The number of fused-ring (bicyclic) bond motifs is 1. The number of carbonyl (C=O) groups is 2. The van der Waals surface area contributed by atoms with Gasteiger partial charge in [0.25, 0.3) is 5.91 Å². The van der Waals surface area contributed by atoms with Gasteiger partial charge in [-0.05, 0) is 19.8 Å². The molecule has 0 aromatic carbocycles. The number of aromatic nitrogens is 1. The first-order chi connectivity index (χ1) is 11.6. The number of methoxy groups -OCH3 is 1. The third-order valence-electron chi connectivity index (χ3n) is 4.72. The molecule has 1 aromatic rings. The Hall–Kier alpha value is -1.93. The van der Waals surface area contributed by atoms with Gasteiger partial charge in [-0.25, -0.2) is 4.98 Å². The second-order valence-electron chi connectivity index (χ2n) is 6.12. The van der Waals surface area contributed by atoms with Crippen molar-refractivity contribution in [1.82, 2.24) is 14.8 Å². The minimum absolute atomic E-state index is 0.0135. The lowest BCUT2D eigenvalue weighted by Crippen LogP contribution is -2.55. The van der Waals surface area contributed by atoms with E-state index in [9.17, 15) is 9.59 Å². The van der Waals surface area contributed by atoms with Crippen LogP contribution >= 0.6 is 0 Å². The summed E-state index contributed by atoms with van der Waals surface area (Å²) >= 11 is 0. The van der Waals surface area contributed by atoms with Crippen LogP contribution in [0.5, 0.6) is 0 Å². The van der Waals surface area contributed by atoms with Gasteiger partial charge in [0, 0.05) is 26.7 Å². The van der Waals surface area contributed by atoms with Gasteiger partial charge in [0.05, 0.1) is 18.8 Å². The van der Waals surface area contributed by atoms with Crippen molar-refractivity contribution in [3.8, 4) is 0 Å². The number of hydrogen-bond acceptors (Lipinski definition) is 6. The fourth-order valence-corrected chi connectivity index (χ4v) is 3.40. The average Bonchev–Trinajstić information content (AvgIpc) is 2.88. The molecule has 2 fully saturated rings. The molecule has 24 heavy (non-hydrogen) atoms. The van der Waals surface area contributed by atoms with Gasteiger partial charge in [-0.3, -0.25) is 9.59 Å². The highest BCUT2D eigenvalue weighted by atomic mass is 16.5. The quantitative estimate of drug-likeness (QED) is 0.794. The van der Waals surface area contributed by atoms with Crippen LogP contribution in [0, 0.1) is 6.92 Å². The molecule has 8 nitrogen and oxygen atoms in total. The number of amides is 2. The minimum atomic E-state index is -0.130. The molecule has 0 radical (unpaired) electrons. The topological polar surface area (TPSA) is 85.1 Å². The van der Waals surface area contributed by atoms with E-state index in [1.807, 2.05) is 4.90 Å². The minimum Gasteiger partial charge on any atom is -0.448 e. The number of ether oxygens (including phenoxy) is 2. The number of carbonyl (C=O) groups excluding carboxylic acids is 2. The van der Waals surface area contributed by atoms with E-state index in [1.165, 1.54) is 6.39 Å². The maximum absolute atomic E-state index is 12.6. The Kier molecular flexibility index (Phi) is 5.15. The molecule has 2 amide bonds. The van der Waals surface area contributed by atoms with Gasteiger partial charge in [-0.1, -0.05) is 0 Å². The summed E-state index contributed by atoms with van der Waals surface area (Å²) in [5.41, 5.74) is 0.355. The Morgan fingerprint density at radius 2 is 2.21 bits per heavy atom. The van der Waals surface area contributed by atoms with Crippen LogP contribution in [-0.4, -0.2) is 78.7 Å². The zero-order valence-corrected chi connectivity index (χ0v) is 14.1. The van der Waals surface area contributed by atoms with Crippen molar-refractivity contribution in [2.75, 3.05) is 40.0 Å². The molecule has 3 rings (SSSR count). The van der Waals surface area contributed by atoms with E-state index >= 15 is 0 Å². The van der Waals surface area contributed by atoms with E-state index in [2.05, 4.69) is 4.98 Å². The molecule has 0 bridgehead atoms. The highest BCUT2D eigenvalue weighted by molar-refractivity contribution is 5.93. The number of nitrogens with zero attached hydrogens (tertiary/aromatic N) is 3. The Morgan fingerprint density at radius 3 is 2.92 bits per heavy atom. The van der Waals surface area contributed by atoms with Crippen LogP contribution in [0.1, 0.15) is 29.1 Å². The van der Waals surface area contributed by atoms with Crippen molar-refractivity contribution in [1.29, 1.82) is 0 Å². The molecule has 132 valence electrons. The van der Waals surface area contributed by atoms with Crippen LogP contribution in [0.3, 0.4) is 0 Å². The molecule has 0 saturated carbocycles. The smallest absolute Gasteiger partial charge is 0.276 e. The molecule has 0 aliphatic carbocycles. The maximum atomic E-state index is 12.6. The fraction of sp³-hybridized carbons (Fsp3) is 0.688. The lowest BCUT2D eigenvalue weighted by atomic mass is 10.0. The molecule has 2 aliphatic rings. The van der Waals surface area contributed by atoms with Crippen molar-refractivity contribution in [2.24, 2.45) is 0 Å². The number of hydrogen-bond donors (Lipinski definition) is 0. The molecule has 0 spiro atoms. The normalized spacial score (nSPS) is 24.7. The first kappa shape index (κ1) is 16.9. The molecular weight excluding hydrogens is 314 g/mol. The Morgan fingerprint density at radius 1 is 1.42 bits per heavy atom. The zero-order chi connectivity index (χ0) is 17.1. The van der Waals surface area contributed by atoms with Gasteiger partial charge in [-0.2, -0.15) is 0 Å². The molecule has 2 aliphatic heterocycles. The summed E-state index contributed by atoms with van der Waals surface area (Å²) in [6.45, 7) is 4.02. The Balaban J connectivity index is 1.70. The van der Waals surface area contributed by atoms with Gasteiger partial charge in [-0.15, -0.1) is 0 Å². The fourth-order valence-electron chi connectivity index (χ4n) is 3.40. The summed E-state index contributed by atoms with van der Waals surface area (Å²) in [4.78, 5) is 32.4. The van der Waals surface area contributed by atoms with E-state index < -0.39 is 0 Å². The van der Waals surface area contributed by atoms with Crippen LogP contribution in [0.15, 0.2) is 10.8 Å². The van der Waals surface area contributed by atoms with Gasteiger partial charge in [0.1, 0.15) is 12.4 Å². The number of aryl methyl sites for hydroxylation is 1. The predicted octanol–water partition coefficient (Wildman–Crippen LogP) is 0.461. The lowest BCUT2D eigenvalue weighted by molar-refractivity contribution is -0.158. The zero-order valence-electron chi connectivity index (χ0n) is 14.1. The third-order valence-corrected chi connectivity index (χ3v) is 4.72. The molecule has 2 atom stereocenters. The molecule has 0 N–H and O–H groups in total. The van der Waals surface area contributed by atoms with Crippen LogP contribution in [-0.2, 0) is 14.3 Å². The summed E-state index contributed by atoms with van der Waals surface area (Å²) in [5, 5.41) is 0. The lowest BCUT2D eigenvalue weighted by Gasteiger charge is -2.40. The van der Waals surface area contributed by atoms with Crippen molar-refractivity contribution < 1.29 is 23.5 Å². The number of likely N-dealkylation sites (tertiary alicyclic amines) is 1. The van der Waals surface area contributed by atoms with Crippen molar-refractivity contribution in [2.45, 2.75) is 31.9 Å². The van der Waals surface area contributed by atoms with E-state index in [0.29, 0.717) is 50.5 Å². The van der Waals surface area contributed by atoms with Crippen LogP contribution < -0.4 is 0 Å². The van der Waals surface area contributed by atoms with E-state index in [1.54, 1.807) is 18.9 Å². The second kappa shape index (κ2) is 7.31. The monoisotopic (exact) mass is 337 g/mol. The van der Waals surface area contributed by atoms with Crippen molar-refractivity contribution >= 4 is 11.8 Å². The summed E-state index contributed by atoms with van der Waals surface area (Å²) in [7, 11) is 1.62. The SMILES string of the molecule is COCCN1C(=O)CO[C@H]2CCN(C(=O)c3ncoc3C)CC[C@@H]21. The Bertz CT molecular complexity index is 602. The molecule has 0 unspecified atom stereocenters. The van der Waals surface area contributed by atoms with E-state index in [-0.39, 0.29) is 30.6 Å². The van der Waals surface area contributed by atoms with Gasteiger partial charge < -0.3 is 23.7 Å². The molecule has 3 heterocycles. The molecular formula is C16H23N3O5. The maximum Gasteiger partial charge on any atom is 0.276 e. The van der Waals surface area contributed by atoms with Crippen LogP contribution in [0.25, 0.3) is 0 Å². The van der Waals surface area contributed by atoms with Crippen molar-refractivity contribution in [3.05, 3.63) is 17.8 Å². The highest BCUT2D eigenvalue weighted by Gasteiger charge is 2.39. The Labute approximate surface area is 140 Å². The van der Waals surface area contributed by atoms with Crippen LogP contribution in [0.2, 0.25) is 0 Å². The summed E-state index contributed by atoms with van der Waals surface area (Å²) in [5.74, 6) is 0.380. The van der Waals surface area contributed by atoms with Gasteiger partial charge in [0.2, 0.25) is 5.91 Å². The number of morpholine rings is 1. The third kappa shape index (κ3) is 3.29. The number of rotatable bonds is 4. The molecule has 8 heteroatoms. The van der Waals surface area contributed by atoms with E-state index in [0.717, 1.165) is 0 Å². The van der Waals surface area contributed by atoms with E-state index in [4.69, 9.17) is 13.9 Å². The first-order valence-electron chi connectivity index (χ1n) is 8.21. The summed E-state index contributed by atoms with van der Waals surface area (Å²) in [6, 6.07) is -0.0161. The summed E-state index contributed by atoms with van der Waals surface area (Å²) in [6.07, 6.45) is 2.62. The average molecular weight is 337 g/mol. The molecule has 1 aromatic heterocycles. The highest BCUT2D eigenvalue weighted by Crippen LogP contribution is 2.25. The van der Waals surface area contributed by atoms with Crippen LogP contribution in [0.4, 0.5) is 0 Å². The predicted molar refractivity (Wildman–Crippen MR) is 83.5 cm³/mol. The van der Waals surface area contributed by atoms with Gasteiger partial charge in [0.15, 0.2) is 12.1 Å². The largest absolute Gasteiger partial charge is 0.448 e. The van der Waals surface area contributed by atoms with Crippen molar-refractivity contribution in [3.63, 3.8) is 0 Å². The first-order valence-corrected chi connectivity index (χ1v) is 8.21.